The van der Waals surface area contributed by atoms with E-state index < -0.39 is 5.97 Å². The number of piperidine rings is 1. The fraction of sp³-hybridized carbons (Fsp3) is 0.286. The Labute approximate surface area is 172 Å². The van der Waals surface area contributed by atoms with E-state index in [9.17, 15) is 9.59 Å². The van der Waals surface area contributed by atoms with E-state index in [0.29, 0.717) is 24.0 Å². The number of hydrogen-bond acceptors (Lipinski definition) is 6. The maximum Gasteiger partial charge on any atom is 0.340 e. The number of para-hydroxylation sites is 2. The first-order valence-corrected chi connectivity index (χ1v) is 9.74. The summed E-state index contributed by atoms with van der Waals surface area (Å²) in [5.74, 6) is -0.0314. The summed E-state index contributed by atoms with van der Waals surface area (Å²) in [4.78, 5) is 30.8. The molecule has 29 heavy (non-hydrogen) atoms. The molecule has 0 aliphatic carbocycles. The lowest BCUT2D eigenvalue weighted by molar-refractivity contribution is -0.135. The molecule has 0 atom stereocenters. The third kappa shape index (κ3) is 4.19. The number of halogens is 1. The zero-order valence-corrected chi connectivity index (χ0v) is 16.4. The van der Waals surface area contributed by atoms with Crippen LogP contribution in [0.4, 0.5) is 5.69 Å². The summed E-state index contributed by atoms with van der Waals surface area (Å²) in [7, 11) is 0. The van der Waals surface area contributed by atoms with E-state index in [0.717, 1.165) is 23.9 Å². The minimum absolute atomic E-state index is 0.153. The number of anilines is 1. The molecule has 0 bridgehead atoms. The van der Waals surface area contributed by atoms with Gasteiger partial charge in [-0.05, 0) is 43.2 Å². The van der Waals surface area contributed by atoms with Crippen molar-refractivity contribution in [1.29, 1.82) is 0 Å². The van der Waals surface area contributed by atoms with Crippen LogP contribution in [0.1, 0.15) is 35.0 Å². The highest BCUT2D eigenvalue weighted by Gasteiger charge is 2.27. The second-order valence-corrected chi connectivity index (χ2v) is 7.42. The predicted molar refractivity (Wildman–Crippen MR) is 109 cm³/mol. The van der Waals surface area contributed by atoms with Crippen LogP contribution >= 0.6 is 11.6 Å². The number of benzene rings is 2. The molecule has 0 radical (unpaired) electrons. The van der Waals surface area contributed by atoms with E-state index in [-0.39, 0.29) is 29.7 Å². The molecule has 7 nitrogen and oxygen atoms in total. The highest BCUT2D eigenvalue weighted by atomic mass is 35.5. The van der Waals surface area contributed by atoms with Crippen molar-refractivity contribution in [1.82, 2.24) is 9.88 Å². The standard InChI is InChI=1S/C21H20ClN3O4/c22-14-5-6-16(23)15(11-14)21(27)28-12-19(26)25-9-7-13(8-10-25)20-24-17-3-1-2-4-18(17)29-20/h1-6,11,13H,7-10,12,23H2. The van der Waals surface area contributed by atoms with Gasteiger partial charge in [-0.15, -0.1) is 0 Å². The Morgan fingerprint density at radius 2 is 1.97 bits per heavy atom. The molecule has 0 unspecified atom stereocenters. The van der Waals surface area contributed by atoms with Crippen LogP contribution in [0.5, 0.6) is 0 Å². The molecule has 2 N–H and O–H groups in total. The summed E-state index contributed by atoms with van der Waals surface area (Å²) >= 11 is 5.88. The smallest absolute Gasteiger partial charge is 0.340 e. The molecule has 2 heterocycles. The number of amides is 1. The molecule has 1 aliphatic rings. The third-order valence-corrected chi connectivity index (χ3v) is 5.30. The fourth-order valence-electron chi connectivity index (χ4n) is 3.44. The van der Waals surface area contributed by atoms with Crippen molar-refractivity contribution < 1.29 is 18.7 Å². The number of hydrogen-bond donors (Lipinski definition) is 1. The van der Waals surface area contributed by atoms with E-state index in [1.54, 1.807) is 11.0 Å². The van der Waals surface area contributed by atoms with Gasteiger partial charge in [0.25, 0.3) is 5.91 Å². The number of nitrogens with zero attached hydrogens (tertiary/aromatic N) is 2. The van der Waals surface area contributed by atoms with Gasteiger partial charge in [-0.2, -0.15) is 0 Å². The van der Waals surface area contributed by atoms with Crippen molar-refractivity contribution in [3.05, 3.63) is 58.9 Å². The number of nitrogen functional groups attached to an aromatic ring is 1. The lowest BCUT2D eigenvalue weighted by Gasteiger charge is -2.30. The van der Waals surface area contributed by atoms with Crippen molar-refractivity contribution in [2.75, 3.05) is 25.4 Å². The van der Waals surface area contributed by atoms with Gasteiger partial charge in [0, 0.05) is 29.7 Å². The molecule has 150 valence electrons. The minimum atomic E-state index is -0.667. The molecule has 2 aromatic carbocycles. The number of fused-ring (bicyclic) bond motifs is 1. The Bertz CT molecular complexity index is 1020. The van der Waals surface area contributed by atoms with Crippen LogP contribution in [-0.4, -0.2) is 41.5 Å². The highest BCUT2D eigenvalue weighted by molar-refractivity contribution is 6.31. The van der Waals surface area contributed by atoms with Gasteiger partial charge in [0.05, 0.1) is 5.56 Å². The van der Waals surface area contributed by atoms with E-state index >= 15 is 0 Å². The first-order chi connectivity index (χ1) is 14.0. The number of ether oxygens (including phenoxy) is 1. The van der Waals surface area contributed by atoms with Crippen molar-refractivity contribution >= 4 is 40.3 Å². The lowest BCUT2D eigenvalue weighted by Crippen LogP contribution is -2.40. The number of carbonyl (C=O) groups excluding carboxylic acids is 2. The molecule has 1 fully saturated rings. The average Bonchev–Trinajstić information content (AvgIpc) is 3.18. The SMILES string of the molecule is Nc1ccc(Cl)cc1C(=O)OCC(=O)N1CCC(c2nc3ccccc3o2)CC1. The average molecular weight is 414 g/mol. The first kappa shape index (κ1) is 19.3. The van der Waals surface area contributed by atoms with Crippen LogP contribution in [0.3, 0.4) is 0 Å². The van der Waals surface area contributed by atoms with E-state index in [4.69, 9.17) is 26.5 Å². The zero-order chi connectivity index (χ0) is 20.4. The summed E-state index contributed by atoms with van der Waals surface area (Å²) in [5.41, 5.74) is 7.79. The van der Waals surface area contributed by atoms with Gasteiger partial charge in [0.2, 0.25) is 0 Å². The van der Waals surface area contributed by atoms with Gasteiger partial charge in [0.15, 0.2) is 18.1 Å². The summed E-state index contributed by atoms with van der Waals surface area (Å²) in [6.07, 6.45) is 1.49. The quantitative estimate of drug-likeness (QED) is 0.518. The van der Waals surface area contributed by atoms with Crippen molar-refractivity contribution in [3.8, 4) is 0 Å². The summed E-state index contributed by atoms with van der Waals surface area (Å²) < 4.78 is 11.0. The molecule has 1 aromatic heterocycles. The van der Waals surface area contributed by atoms with Crippen molar-refractivity contribution in [2.24, 2.45) is 0 Å². The second kappa shape index (κ2) is 8.13. The maximum absolute atomic E-state index is 12.4. The first-order valence-electron chi connectivity index (χ1n) is 9.36. The van der Waals surface area contributed by atoms with Crippen LogP contribution in [0.2, 0.25) is 5.02 Å². The predicted octanol–water partition coefficient (Wildman–Crippen LogP) is 3.63. The fourth-order valence-corrected chi connectivity index (χ4v) is 3.61. The highest BCUT2D eigenvalue weighted by Crippen LogP contribution is 2.30. The van der Waals surface area contributed by atoms with Crippen LogP contribution in [-0.2, 0) is 9.53 Å². The Morgan fingerprint density at radius 3 is 2.72 bits per heavy atom. The van der Waals surface area contributed by atoms with Crippen LogP contribution in [0.25, 0.3) is 11.1 Å². The van der Waals surface area contributed by atoms with E-state index in [1.807, 2.05) is 24.3 Å². The van der Waals surface area contributed by atoms with Gasteiger partial charge in [0.1, 0.15) is 5.52 Å². The molecule has 4 rings (SSSR count). The van der Waals surface area contributed by atoms with Crippen LogP contribution in [0.15, 0.2) is 46.9 Å². The second-order valence-electron chi connectivity index (χ2n) is 6.98. The monoisotopic (exact) mass is 413 g/mol. The molecule has 3 aromatic rings. The van der Waals surface area contributed by atoms with Crippen LogP contribution in [0, 0.1) is 0 Å². The molecular formula is C21H20ClN3O4. The van der Waals surface area contributed by atoms with Gasteiger partial charge in [-0.3, -0.25) is 4.79 Å². The Balaban J connectivity index is 1.31. The molecule has 0 saturated carbocycles. The lowest BCUT2D eigenvalue weighted by atomic mass is 9.97. The number of rotatable bonds is 4. The molecule has 1 aliphatic heterocycles. The minimum Gasteiger partial charge on any atom is -0.452 e. The van der Waals surface area contributed by atoms with Crippen LogP contribution < -0.4 is 5.73 Å². The van der Waals surface area contributed by atoms with E-state index in [2.05, 4.69) is 4.98 Å². The number of nitrogens with two attached hydrogens (primary N) is 1. The van der Waals surface area contributed by atoms with Crippen molar-refractivity contribution in [3.63, 3.8) is 0 Å². The summed E-state index contributed by atoms with van der Waals surface area (Å²) in [6, 6.07) is 12.2. The van der Waals surface area contributed by atoms with Gasteiger partial charge >= 0.3 is 5.97 Å². The molecule has 1 saturated heterocycles. The zero-order valence-electron chi connectivity index (χ0n) is 15.6. The Kier molecular flexibility index (Phi) is 5.40. The summed E-state index contributed by atoms with van der Waals surface area (Å²) in [6.45, 7) is 0.774. The Hall–Kier alpha value is -3.06. The Morgan fingerprint density at radius 1 is 1.21 bits per heavy atom. The molecule has 1 amide bonds. The van der Waals surface area contributed by atoms with Gasteiger partial charge in [-0.25, -0.2) is 9.78 Å². The normalized spacial score (nSPS) is 14.9. The number of likely N-dealkylation sites (tertiary alicyclic amines) is 1. The topological polar surface area (TPSA) is 98.7 Å². The van der Waals surface area contributed by atoms with Crippen molar-refractivity contribution in [2.45, 2.75) is 18.8 Å². The largest absolute Gasteiger partial charge is 0.452 e. The molecular weight excluding hydrogens is 394 g/mol. The number of aromatic nitrogens is 1. The molecule has 0 spiro atoms. The van der Waals surface area contributed by atoms with Gasteiger partial charge in [-0.1, -0.05) is 23.7 Å². The maximum atomic E-state index is 12.4. The third-order valence-electron chi connectivity index (χ3n) is 5.07. The number of esters is 1. The molecule has 8 heteroatoms. The number of carbonyl (C=O) groups is 2. The summed E-state index contributed by atoms with van der Waals surface area (Å²) in [5, 5.41) is 0.374. The number of oxazole rings is 1. The van der Waals surface area contributed by atoms with Gasteiger partial charge < -0.3 is 19.8 Å². The van der Waals surface area contributed by atoms with E-state index in [1.165, 1.54) is 12.1 Å².